The van der Waals surface area contributed by atoms with Gasteiger partial charge >= 0.3 is 26.2 Å². The van der Waals surface area contributed by atoms with E-state index in [4.69, 9.17) is 0 Å². The fraction of sp³-hybridized carbons (Fsp3) is 0.500. The minimum Gasteiger partial charge on any atom is -0.321 e. The van der Waals surface area contributed by atoms with Crippen LogP contribution in [0.4, 0.5) is 9.41 Å². The Morgan fingerprint density at radius 3 is 1.38 bits per heavy atom. The average molecular weight is 429 g/mol. The molecule has 0 spiro atoms. The van der Waals surface area contributed by atoms with Crippen LogP contribution in [0.2, 0.25) is 13.1 Å². The van der Waals surface area contributed by atoms with Crippen LogP contribution in [0.25, 0.3) is 0 Å². The maximum Gasteiger partial charge on any atom is 2.00 e. The molecule has 0 N–H and O–H groups in total. The number of hydrogen-bond donors (Lipinski definition) is 0. The maximum atomic E-state index is 2.42. The average Bonchev–Trinajstić information content (AvgIpc) is 3.17. The summed E-state index contributed by atoms with van der Waals surface area (Å²) in [7, 11) is 0.750. The molecular weight excluding hydrogens is 398 g/mol. The fourth-order valence-electron chi connectivity index (χ4n) is 3.39. The second-order valence-electron chi connectivity index (χ2n) is 6.23. The van der Waals surface area contributed by atoms with Crippen LogP contribution in [-0.2, 0) is 26.2 Å². The summed E-state index contributed by atoms with van der Waals surface area (Å²) in [6.07, 6.45) is 28.1. The molecule has 0 nitrogen and oxygen atoms in total. The summed E-state index contributed by atoms with van der Waals surface area (Å²) < 4.78 is 0. The molecule has 0 aromatic carbocycles. The Morgan fingerprint density at radius 2 is 1.04 bits per heavy atom. The second kappa shape index (κ2) is 15.2. The maximum absolute atomic E-state index is 2.42. The molecule has 4 aliphatic rings. The molecule has 0 aliphatic heterocycles. The van der Waals surface area contributed by atoms with E-state index in [1.54, 1.807) is 0 Å². The molecule has 0 aromatic rings. The Morgan fingerprint density at radius 1 is 0.708 bits per heavy atom. The van der Waals surface area contributed by atoms with Crippen molar-refractivity contribution in [2.75, 3.05) is 0 Å². The quantitative estimate of drug-likeness (QED) is 0.353. The van der Waals surface area contributed by atoms with Crippen molar-refractivity contribution in [3.63, 3.8) is 0 Å². The molecule has 4 heteroatoms. The first-order valence-electron chi connectivity index (χ1n) is 8.45. The summed E-state index contributed by atoms with van der Waals surface area (Å²) in [5, 5.41) is 0. The Labute approximate surface area is 168 Å². The first-order chi connectivity index (χ1) is 10.3. The van der Waals surface area contributed by atoms with Gasteiger partial charge in [0, 0.05) is 9.52 Å². The van der Waals surface area contributed by atoms with Crippen molar-refractivity contribution in [3.8, 4) is 0 Å². The van der Waals surface area contributed by atoms with Crippen LogP contribution in [0.15, 0.2) is 48.6 Å². The topological polar surface area (TPSA) is 0 Å². The number of fused-ring (bicyclic) bond motifs is 2. The zero-order chi connectivity index (χ0) is 14.9. The van der Waals surface area contributed by atoms with Crippen molar-refractivity contribution in [1.29, 1.82) is 0 Å². The minimum absolute atomic E-state index is 0. The molecule has 4 rings (SSSR count). The van der Waals surface area contributed by atoms with Crippen molar-refractivity contribution in [2.24, 2.45) is 23.7 Å². The van der Waals surface area contributed by atoms with Gasteiger partial charge in [0.25, 0.3) is 0 Å². The van der Waals surface area contributed by atoms with Crippen molar-refractivity contribution in [3.05, 3.63) is 61.4 Å². The zero-order valence-corrected chi connectivity index (χ0v) is 18.4. The molecule has 133 valence electrons. The van der Waals surface area contributed by atoms with E-state index >= 15 is 0 Å². The molecular formula is C20H31F2SiZr. The predicted octanol–water partition coefficient (Wildman–Crippen LogP) is 5.51. The van der Waals surface area contributed by atoms with E-state index in [1.807, 2.05) is 0 Å². The second-order valence-corrected chi connectivity index (χ2v) is 7.38. The molecule has 4 atom stereocenters. The number of halogens is 2. The molecule has 4 aliphatic carbocycles. The van der Waals surface area contributed by atoms with E-state index < -0.39 is 0 Å². The number of allylic oxidation sites excluding steroid dienone is 8. The van der Waals surface area contributed by atoms with Crippen LogP contribution in [0, 0.1) is 36.5 Å². The molecule has 0 heterocycles. The van der Waals surface area contributed by atoms with Crippen LogP contribution < -0.4 is 0 Å². The first kappa shape index (κ1) is 26.2. The van der Waals surface area contributed by atoms with Crippen LogP contribution in [-0.4, -0.2) is 9.52 Å². The van der Waals surface area contributed by atoms with Crippen LogP contribution in [0.5, 0.6) is 0 Å². The minimum atomic E-state index is 0. The van der Waals surface area contributed by atoms with Gasteiger partial charge in [0.15, 0.2) is 0 Å². The summed E-state index contributed by atoms with van der Waals surface area (Å²) in [5.41, 5.74) is 0. The van der Waals surface area contributed by atoms with Gasteiger partial charge in [0.2, 0.25) is 0 Å². The fourth-order valence-corrected chi connectivity index (χ4v) is 3.39. The Balaban J connectivity index is 0. The van der Waals surface area contributed by atoms with E-state index in [9.17, 15) is 0 Å². The Hall–Kier alpha value is -0.0800. The van der Waals surface area contributed by atoms with E-state index in [2.05, 4.69) is 74.5 Å². The Bertz CT molecular complexity index is 344. The predicted molar refractivity (Wildman–Crippen MR) is 101 cm³/mol. The van der Waals surface area contributed by atoms with Crippen molar-refractivity contribution >= 4 is 9.52 Å². The summed E-state index contributed by atoms with van der Waals surface area (Å²) in [6, 6.07) is 0. The molecule has 0 saturated heterocycles. The van der Waals surface area contributed by atoms with E-state index in [-0.39, 0.29) is 35.6 Å². The third-order valence-corrected chi connectivity index (χ3v) is 4.47. The van der Waals surface area contributed by atoms with Crippen molar-refractivity contribution < 1.29 is 35.6 Å². The largest absolute Gasteiger partial charge is 2.00 e. The molecule has 24 heavy (non-hydrogen) atoms. The number of hydrogen-bond acceptors (Lipinski definition) is 0. The van der Waals surface area contributed by atoms with Gasteiger partial charge in [-0.15, -0.1) is 24.0 Å². The molecule has 2 saturated carbocycles. The van der Waals surface area contributed by atoms with E-state index in [0.29, 0.717) is 0 Å². The third kappa shape index (κ3) is 8.34. The SMILES string of the molecule is C1=CC2[CH-]CCC2C=C1.C1=CC2[CH-]CCC2C=C1.C[SiH]C.F.F.[Zr+2]. The summed E-state index contributed by atoms with van der Waals surface area (Å²) in [6.45, 7) is 4.42. The molecule has 2 fully saturated rings. The van der Waals surface area contributed by atoms with Gasteiger partial charge in [0.1, 0.15) is 0 Å². The normalized spacial score (nSPS) is 30.1. The van der Waals surface area contributed by atoms with Gasteiger partial charge in [-0.3, -0.25) is 9.41 Å². The van der Waals surface area contributed by atoms with Crippen molar-refractivity contribution in [1.82, 2.24) is 0 Å². The third-order valence-electron chi connectivity index (χ3n) is 4.47. The van der Waals surface area contributed by atoms with Crippen molar-refractivity contribution in [2.45, 2.75) is 38.8 Å². The Kier molecular flexibility index (Phi) is 16.6. The van der Waals surface area contributed by atoms with Gasteiger partial charge in [0.05, 0.1) is 0 Å². The summed E-state index contributed by atoms with van der Waals surface area (Å²) in [5.74, 6) is 3.23. The van der Waals surface area contributed by atoms with Gasteiger partial charge in [-0.25, -0.2) is 0 Å². The molecule has 1 radical (unpaired) electrons. The monoisotopic (exact) mass is 427 g/mol. The summed E-state index contributed by atoms with van der Waals surface area (Å²) >= 11 is 0. The molecule has 0 bridgehead atoms. The summed E-state index contributed by atoms with van der Waals surface area (Å²) in [4.78, 5) is 0. The van der Waals surface area contributed by atoms with Crippen LogP contribution in [0.1, 0.15) is 25.7 Å². The van der Waals surface area contributed by atoms with Gasteiger partial charge in [-0.2, -0.15) is 12.8 Å². The van der Waals surface area contributed by atoms with Crippen LogP contribution in [0.3, 0.4) is 0 Å². The van der Waals surface area contributed by atoms with Crippen LogP contribution >= 0.6 is 0 Å². The van der Waals surface area contributed by atoms with E-state index in [1.165, 1.54) is 25.7 Å². The first-order valence-corrected chi connectivity index (χ1v) is 10.8. The van der Waals surface area contributed by atoms with Gasteiger partial charge in [-0.1, -0.05) is 62.4 Å². The standard InChI is InChI=1S/2C9H11.C2H7Si.2FH.Zr/c2*1-2-5-9-7-3-6-8(9)4-1;1-3-2;;;/h2*1-2,4-6,8-9H,3,7H2;3H,1-2H3;2*1H;/q2*-1;;;;+2. The molecule has 0 amide bonds. The number of rotatable bonds is 0. The van der Waals surface area contributed by atoms with E-state index in [0.717, 1.165) is 33.2 Å². The van der Waals surface area contributed by atoms with Gasteiger partial charge < -0.3 is 12.8 Å². The van der Waals surface area contributed by atoms with Gasteiger partial charge in [-0.05, 0) is 11.8 Å². The molecule has 4 unspecified atom stereocenters. The smallest absolute Gasteiger partial charge is 0.321 e. The molecule has 0 aromatic heterocycles. The zero-order valence-electron chi connectivity index (χ0n) is 14.8.